The van der Waals surface area contributed by atoms with Gasteiger partial charge in [0.25, 0.3) is 5.56 Å². The largest absolute Gasteiger partial charge is 0.387 e. The lowest BCUT2D eigenvalue weighted by molar-refractivity contribution is -0.157. The van der Waals surface area contributed by atoms with Crippen molar-refractivity contribution < 1.29 is 14.3 Å². The minimum Gasteiger partial charge on any atom is -0.387 e. The number of hydrogen-bond donors (Lipinski definition) is 1. The second-order valence-electron chi connectivity index (χ2n) is 12.8. The third-order valence-corrected chi connectivity index (χ3v) is 9.45. The highest BCUT2D eigenvalue weighted by Crippen LogP contribution is 2.41. The number of aliphatic hydroxyl groups is 1. The molecular weight excluding hydrogens is 517 g/mol. The number of pyridine rings is 2. The molecule has 0 radical (unpaired) electrons. The summed E-state index contributed by atoms with van der Waals surface area (Å²) in [6.07, 6.45) is 10.9. The Bertz CT molecular complexity index is 1430. The normalized spacial score (nSPS) is 21.9. The SMILES string of the molecule is C[C@H](CC1CCCCC1)C(=O)N1CCC(O)(Cn2cc(-c3ccccn3)c(-c3ccccc3F)cc2=O)C(C)(C)C1. The first-order valence-electron chi connectivity index (χ1n) is 15.0. The molecule has 1 aliphatic carbocycles. The molecule has 5 rings (SSSR count). The van der Waals surface area contributed by atoms with Gasteiger partial charge in [0.05, 0.1) is 17.8 Å². The molecule has 1 aliphatic heterocycles. The fourth-order valence-corrected chi connectivity index (χ4v) is 6.79. The summed E-state index contributed by atoms with van der Waals surface area (Å²) in [7, 11) is 0. The molecule has 1 amide bonds. The van der Waals surface area contributed by atoms with Crippen molar-refractivity contribution in [2.24, 2.45) is 17.3 Å². The minimum atomic E-state index is -1.22. The highest BCUT2D eigenvalue weighted by atomic mass is 19.1. The molecule has 6 nitrogen and oxygen atoms in total. The molecule has 1 saturated heterocycles. The van der Waals surface area contributed by atoms with E-state index in [0.29, 0.717) is 47.8 Å². The zero-order valence-electron chi connectivity index (χ0n) is 24.5. The maximum atomic E-state index is 14.8. The van der Waals surface area contributed by atoms with Crippen molar-refractivity contribution in [3.63, 3.8) is 0 Å². The van der Waals surface area contributed by atoms with Gasteiger partial charge in [-0.3, -0.25) is 14.6 Å². The van der Waals surface area contributed by atoms with E-state index in [1.165, 1.54) is 48.8 Å². The number of aromatic nitrogens is 2. The lowest BCUT2D eigenvalue weighted by Crippen LogP contribution is -2.61. The maximum absolute atomic E-state index is 14.8. The first-order chi connectivity index (χ1) is 19.6. The van der Waals surface area contributed by atoms with Crippen LogP contribution < -0.4 is 5.56 Å². The zero-order chi connectivity index (χ0) is 29.2. The van der Waals surface area contributed by atoms with Crippen LogP contribution in [0, 0.1) is 23.1 Å². The van der Waals surface area contributed by atoms with E-state index in [1.54, 1.807) is 36.7 Å². The van der Waals surface area contributed by atoms with Crippen LogP contribution in [0.1, 0.15) is 65.7 Å². The summed E-state index contributed by atoms with van der Waals surface area (Å²) >= 11 is 0. The molecule has 1 aromatic carbocycles. The number of carbonyl (C=O) groups excluding carboxylic acids is 1. The standard InChI is InChI=1S/C34H42FN3O3/c1-24(19-25-11-5-4-6-12-25)32(40)37-18-16-34(41,33(2,3)22-37)23-38-21-28(30-15-9-10-17-36-30)27(20-31(38)39)26-13-7-8-14-29(26)35/h7-10,13-15,17,20-21,24-25,41H,4-6,11-12,16,18-19,22-23H2,1-3H3/t24-,34?/m1/s1. The Balaban J connectivity index is 1.39. The first-order valence-corrected chi connectivity index (χ1v) is 15.0. The molecule has 2 fully saturated rings. The lowest BCUT2D eigenvalue weighted by Gasteiger charge is -2.51. The van der Waals surface area contributed by atoms with Gasteiger partial charge in [0, 0.05) is 59.6 Å². The summed E-state index contributed by atoms with van der Waals surface area (Å²) in [6.45, 7) is 6.92. The fourth-order valence-electron chi connectivity index (χ4n) is 6.79. The van der Waals surface area contributed by atoms with Crippen molar-refractivity contribution >= 4 is 5.91 Å². The van der Waals surface area contributed by atoms with Gasteiger partial charge in [-0.15, -0.1) is 0 Å². The Morgan fingerprint density at radius 2 is 1.80 bits per heavy atom. The minimum absolute atomic E-state index is 0.0328. The Hall–Kier alpha value is -3.32. The van der Waals surface area contributed by atoms with E-state index in [4.69, 9.17) is 0 Å². The van der Waals surface area contributed by atoms with Crippen molar-refractivity contribution in [1.82, 2.24) is 14.5 Å². The molecule has 1 unspecified atom stereocenters. The molecule has 218 valence electrons. The van der Waals surface area contributed by atoms with Crippen molar-refractivity contribution in [2.75, 3.05) is 13.1 Å². The van der Waals surface area contributed by atoms with Crippen molar-refractivity contribution in [2.45, 2.75) is 77.9 Å². The number of benzene rings is 1. The Kier molecular flexibility index (Phi) is 8.46. The molecule has 41 heavy (non-hydrogen) atoms. The highest BCUT2D eigenvalue weighted by Gasteiger charge is 2.49. The number of amides is 1. The summed E-state index contributed by atoms with van der Waals surface area (Å²) in [5.74, 6) is 0.338. The Morgan fingerprint density at radius 3 is 2.49 bits per heavy atom. The van der Waals surface area contributed by atoms with Gasteiger partial charge in [-0.25, -0.2) is 4.39 Å². The second kappa shape index (κ2) is 11.9. The average molecular weight is 560 g/mol. The predicted octanol–water partition coefficient (Wildman–Crippen LogP) is 6.31. The van der Waals surface area contributed by atoms with E-state index in [2.05, 4.69) is 4.98 Å². The van der Waals surface area contributed by atoms with E-state index < -0.39 is 16.8 Å². The third-order valence-electron chi connectivity index (χ3n) is 9.45. The van der Waals surface area contributed by atoms with Gasteiger partial charge in [0.1, 0.15) is 5.82 Å². The van der Waals surface area contributed by atoms with E-state index in [1.807, 2.05) is 37.8 Å². The molecular formula is C34H42FN3O3. The second-order valence-corrected chi connectivity index (χ2v) is 12.8. The first kappa shape index (κ1) is 29.2. The van der Waals surface area contributed by atoms with Crippen LogP contribution in [0.3, 0.4) is 0 Å². The van der Waals surface area contributed by atoms with Crippen LogP contribution in [0.2, 0.25) is 0 Å². The van der Waals surface area contributed by atoms with E-state index in [-0.39, 0.29) is 23.9 Å². The molecule has 0 bridgehead atoms. The number of halogens is 1. The average Bonchev–Trinajstić information content (AvgIpc) is 2.96. The van der Waals surface area contributed by atoms with Gasteiger partial charge in [0.15, 0.2) is 0 Å². The van der Waals surface area contributed by atoms with Gasteiger partial charge in [-0.1, -0.05) is 77.1 Å². The van der Waals surface area contributed by atoms with Gasteiger partial charge >= 0.3 is 0 Å². The van der Waals surface area contributed by atoms with Crippen LogP contribution in [0.15, 0.2) is 65.7 Å². The number of nitrogens with zero attached hydrogens (tertiary/aromatic N) is 3. The van der Waals surface area contributed by atoms with Crippen LogP contribution in [-0.4, -0.2) is 44.2 Å². The summed E-state index contributed by atoms with van der Waals surface area (Å²) in [5.41, 5.74) is -0.195. The van der Waals surface area contributed by atoms with Crippen LogP contribution in [0.5, 0.6) is 0 Å². The molecule has 7 heteroatoms. The molecule has 2 aromatic heterocycles. The number of likely N-dealkylation sites (tertiary alicyclic amines) is 1. The lowest BCUT2D eigenvalue weighted by atomic mass is 9.69. The zero-order valence-corrected chi connectivity index (χ0v) is 24.5. The summed E-state index contributed by atoms with van der Waals surface area (Å²) in [4.78, 5) is 33.2. The monoisotopic (exact) mass is 559 g/mol. The fraction of sp³-hybridized carbons (Fsp3) is 0.500. The Labute approximate surface area is 242 Å². The molecule has 3 heterocycles. The van der Waals surface area contributed by atoms with Crippen molar-refractivity contribution in [3.8, 4) is 22.4 Å². The molecule has 1 N–H and O–H groups in total. The third kappa shape index (κ3) is 6.15. The number of rotatable bonds is 7. The van der Waals surface area contributed by atoms with Crippen molar-refractivity contribution in [3.05, 3.63) is 77.1 Å². The summed E-state index contributed by atoms with van der Waals surface area (Å²) < 4.78 is 16.3. The van der Waals surface area contributed by atoms with Gasteiger partial charge in [-0.05, 0) is 37.0 Å². The molecule has 2 atom stereocenters. The van der Waals surface area contributed by atoms with Crippen LogP contribution in [0.25, 0.3) is 22.4 Å². The van der Waals surface area contributed by atoms with E-state index in [0.717, 1.165) is 6.42 Å². The topological polar surface area (TPSA) is 75.4 Å². The molecule has 3 aromatic rings. The van der Waals surface area contributed by atoms with Crippen LogP contribution in [0.4, 0.5) is 4.39 Å². The predicted molar refractivity (Wildman–Crippen MR) is 160 cm³/mol. The highest BCUT2D eigenvalue weighted by molar-refractivity contribution is 5.81. The van der Waals surface area contributed by atoms with Crippen LogP contribution in [-0.2, 0) is 11.3 Å². The molecule has 1 saturated carbocycles. The van der Waals surface area contributed by atoms with Gasteiger partial charge in [0.2, 0.25) is 5.91 Å². The number of hydrogen-bond acceptors (Lipinski definition) is 4. The van der Waals surface area contributed by atoms with Gasteiger partial charge < -0.3 is 14.6 Å². The van der Waals surface area contributed by atoms with E-state index in [9.17, 15) is 19.1 Å². The van der Waals surface area contributed by atoms with E-state index >= 15 is 0 Å². The number of piperidine rings is 1. The van der Waals surface area contributed by atoms with Crippen molar-refractivity contribution in [1.29, 1.82) is 0 Å². The summed E-state index contributed by atoms with van der Waals surface area (Å²) in [6, 6.07) is 13.3. The summed E-state index contributed by atoms with van der Waals surface area (Å²) in [5, 5.41) is 12.0. The van der Waals surface area contributed by atoms with Gasteiger partial charge in [-0.2, -0.15) is 0 Å². The molecule has 0 spiro atoms. The van der Waals surface area contributed by atoms with Crippen LogP contribution >= 0.6 is 0 Å². The quantitative estimate of drug-likeness (QED) is 0.368. The molecule has 2 aliphatic rings. The Morgan fingerprint density at radius 1 is 1.07 bits per heavy atom. The smallest absolute Gasteiger partial charge is 0.251 e. The number of carbonyl (C=O) groups is 1. The maximum Gasteiger partial charge on any atom is 0.251 e.